The maximum Gasteiger partial charge on any atom is 0.339 e. The number of carboxylic acid groups (broad SMARTS) is 1. The second kappa shape index (κ2) is 5.46. The molecule has 0 spiro atoms. The van der Waals surface area contributed by atoms with Crippen molar-refractivity contribution in [1.29, 1.82) is 0 Å². The third-order valence-corrected chi connectivity index (χ3v) is 3.32. The van der Waals surface area contributed by atoms with E-state index < -0.39 is 5.97 Å². The van der Waals surface area contributed by atoms with Gasteiger partial charge in [-0.3, -0.25) is 0 Å². The number of rotatable bonds is 3. The molecule has 5 heteroatoms. The van der Waals surface area contributed by atoms with E-state index >= 15 is 0 Å². The Bertz CT molecular complexity index is 693. The molecular formula is C16H14O5. The SMILES string of the molecule is O=C(O)c1cc(-c2cccc(CO)c2)cc2c1OCCO2. The molecular weight excluding hydrogens is 272 g/mol. The van der Waals surface area contributed by atoms with Gasteiger partial charge in [0.2, 0.25) is 0 Å². The van der Waals surface area contributed by atoms with Gasteiger partial charge >= 0.3 is 5.97 Å². The molecule has 0 radical (unpaired) electrons. The van der Waals surface area contributed by atoms with Gasteiger partial charge in [0.05, 0.1) is 6.61 Å². The summed E-state index contributed by atoms with van der Waals surface area (Å²) in [5.41, 5.74) is 2.38. The van der Waals surface area contributed by atoms with Crippen molar-refractivity contribution in [1.82, 2.24) is 0 Å². The van der Waals surface area contributed by atoms with Gasteiger partial charge in [-0.2, -0.15) is 0 Å². The monoisotopic (exact) mass is 286 g/mol. The highest BCUT2D eigenvalue weighted by atomic mass is 16.6. The molecule has 21 heavy (non-hydrogen) atoms. The highest BCUT2D eigenvalue weighted by molar-refractivity contribution is 5.94. The van der Waals surface area contributed by atoms with Gasteiger partial charge in [-0.05, 0) is 34.9 Å². The summed E-state index contributed by atoms with van der Waals surface area (Å²) in [5.74, 6) is -0.349. The van der Waals surface area contributed by atoms with Crippen molar-refractivity contribution in [2.75, 3.05) is 13.2 Å². The zero-order valence-corrected chi connectivity index (χ0v) is 11.2. The Balaban J connectivity index is 2.14. The van der Waals surface area contributed by atoms with Crippen molar-refractivity contribution in [2.45, 2.75) is 6.61 Å². The number of fused-ring (bicyclic) bond motifs is 1. The van der Waals surface area contributed by atoms with E-state index in [1.165, 1.54) is 0 Å². The summed E-state index contributed by atoms with van der Waals surface area (Å²) in [5, 5.41) is 18.5. The predicted octanol–water partition coefficient (Wildman–Crippen LogP) is 2.32. The van der Waals surface area contributed by atoms with E-state index in [4.69, 9.17) is 9.47 Å². The Morgan fingerprint density at radius 3 is 2.67 bits per heavy atom. The van der Waals surface area contributed by atoms with Crippen LogP contribution in [0.2, 0.25) is 0 Å². The molecule has 1 aliphatic heterocycles. The topological polar surface area (TPSA) is 76.0 Å². The summed E-state index contributed by atoms with van der Waals surface area (Å²) in [6, 6.07) is 10.6. The first-order chi connectivity index (χ1) is 10.2. The average Bonchev–Trinajstić information content (AvgIpc) is 2.53. The average molecular weight is 286 g/mol. The van der Waals surface area contributed by atoms with Crippen LogP contribution in [0, 0.1) is 0 Å². The van der Waals surface area contributed by atoms with E-state index in [-0.39, 0.29) is 17.9 Å². The maximum absolute atomic E-state index is 11.4. The van der Waals surface area contributed by atoms with Crippen LogP contribution in [0.4, 0.5) is 0 Å². The summed E-state index contributed by atoms with van der Waals surface area (Å²) in [6.07, 6.45) is 0. The summed E-state index contributed by atoms with van der Waals surface area (Å²) in [6.45, 7) is 0.670. The van der Waals surface area contributed by atoms with Gasteiger partial charge in [0.25, 0.3) is 0 Å². The molecule has 3 rings (SSSR count). The maximum atomic E-state index is 11.4. The molecule has 0 bridgehead atoms. The molecule has 0 atom stereocenters. The predicted molar refractivity (Wildman–Crippen MR) is 75.8 cm³/mol. The van der Waals surface area contributed by atoms with Crippen LogP contribution in [0.1, 0.15) is 15.9 Å². The van der Waals surface area contributed by atoms with Gasteiger partial charge in [-0.25, -0.2) is 4.79 Å². The van der Waals surface area contributed by atoms with Crippen LogP contribution in [-0.4, -0.2) is 29.4 Å². The molecule has 0 saturated heterocycles. The Kier molecular flexibility index (Phi) is 3.50. The van der Waals surface area contributed by atoms with E-state index in [1.807, 2.05) is 18.2 Å². The molecule has 2 N–H and O–H groups in total. The summed E-state index contributed by atoms with van der Waals surface area (Å²) in [4.78, 5) is 11.4. The summed E-state index contributed by atoms with van der Waals surface area (Å²) in [7, 11) is 0. The number of aliphatic hydroxyl groups is 1. The van der Waals surface area contributed by atoms with Gasteiger partial charge < -0.3 is 19.7 Å². The van der Waals surface area contributed by atoms with Crippen LogP contribution in [-0.2, 0) is 6.61 Å². The first-order valence-corrected chi connectivity index (χ1v) is 6.56. The molecule has 0 aromatic heterocycles. The van der Waals surface area contributed by atoms with E-state index in [1.54, 1.807) is 18.2 Å². The van der Waals surface area contributed by atoms with Crippen LogP contribution in [0.25, 0.3) is 11.1 Å². The molecule has 2 aromatic rings. The number of hydrogen-bond donors (Lipinski definition) is 2. The lowest BCUT2D eigenvalue weighted by Crippen LogP contribution is -2.18. The molecule has 0 unspecified atom stereocenters. The van der Waals surface area contributed by atoms with Crippen LogP contribution in [0.15, 0.2) is 36.4 Å². The highest BCUT2D eigenvalue weighted by Crippen LogP contribution is 2.38. The third kappa shape index (κ3) is 2.55. The van der Waals surface area contributed by atoms with E-state index in [0.29, 0.717) is 24.5 Å². The standard InChI is InChI=1S/C16H14O5/c17-9-10-2-1-3-11(6-10)12-7-13(16(18)19)15-14(8-12)20-4-5-21-15/h1-3,6-8,17H,4-5,9H2,(H,18,19). The lowest BCUT2D eigenvalue weighted by atomic mass is 10.00. The van der Waals surface area contributed by atoms with Crippen molar-refractivity contribution in [2.24, 2.45) is 0 Å². The van der Waals surface area contributed by atoms with E-state index in [0.717, 1.165) is 11.1 Å². The number of aromatic carboxylic acids is 1. The number of hydrogen-bond acceptors (Lipinski definition) is 4. The van der Waals surface area contributed by atoms with Crippen LogP contribution < -0.4 is 9.47 Å². The van der Waals surface area contributed by atoms with Gasteiger partial charge in [0, 0.05) is 0 Å². The first kappa shape index (κ1) is 13.5. The minimum atomic E-state index is -1.06. The third-order valence-electron chi connectivity index (χ3n) is 3.32. The second-order valence-electron chi connectivity index (χ2n) is 4.71. The fraction of sp³-hybridized carbons (Fsp3) is 0.188. The van der Waals surface area contributed by atoms with E-state index in [2.05, 4.69) is 0 Å². The van der Waals surface area contributed by atoms with Gasteiger partial charge in [-0.1, -0.05) is 18.2 Å². The van der Waals surface area contributed by atoms with E-state index in [9.17, 15) is 15.0 Å². The minimum Gasteiger partial charge on any atom is -0.486 e. The molecule has 0 amide bonds. The number of benzene rings is 2. The molecule has 2 aromatic carbocycles. The summed E-state index contributed by atoms with van der Waals surface area (Å²) >= 11 is 0. The molecule has 5 nitrogen and oxygen atoms in total. The normalized spacial score (nSPS) is 13.0. The van der Waals surface area contributed by atoms with Crippen molar-refractivity contribution in [3.05, 3.63) is 47.5 Å². The van der Waals surface area contributed by atoms with Gasteiger partial charge in [0.15, 0.2) is 11.5 Å². The summed E-state index contributed by atoms with van der Waals surface area (Å²) < 4.78 is 10.9. The Hall–Kier alpha value is -2.53. The van der Waals surface area contributed by atoms with Gasteiger partial charge in [0.1, 0.15) is 18.8 Å². The zero-order chi connectivity index (χ0) is 14.8. The zero-order valence-electron chi connectivity index (χ0n) is 11.2. The minimum absolute atomic E-state index is 0.0653. The van der Waals surface area contributed by atoms with Crippen LogP contribution in [0.3, 0.4) is 0 Å². The molecule has 0 fully saturated rings. The van der Waals surface area contributed by atoms with Crippen molar-refractivity contribution < 1.29 is 24.5 Å². The lowest BCUT2D eigenvalue weighted by Gasteiger charge is -2.21. The molecule has 108 valence electrons. The van der Waals surface area contributed by atoms with Crippen molar-refractivity contribution in [3.8, 4) is 22.6 Å². The molecule has 0 aliphatic carbocycles. The smallest absolute Gasteiger partial charge is 0.339 e. The Morgan fingerprint density at radius 2 is 1.90 bits per heavy atom. The fourth-order valence-electron chi connectivity index (χ4n) is 2.33. The quantitative estimate of drug-likeness (QED) is 0.905. The molecule has 1 heterocycles. The second-order valence-corrected chi connectivity index (χ2v) is 4.71. The number of carboxylic acids is 1. The van der Waals surface area contributed by atoms with Gasteiger partial charge in [-0.15, -0.1) is 0 Å². The Morgan fingerprint density at radius 1 is 1.10 bits per heavy atom. The number of aliphatic hydroxyl groups excluding tert-OH is 1. The number of carbonyl (C=O) groups is 1. The van der Waals surface area contributed by atoms with Crippen molar-refractivity contribution in [3.63, 3.8) is 0 Å². The largest absolute Gasteiger partial charge is 0.486 e. The van der Waals surface area contributed by atoms with Crippen LogP contribution >= 0.6 is 0 Å². The molecule has 0 saturated carbocycles. The van der Waals surface area contributed by atoms with Crippen molar-refractivity contribution >= 4 is 5.97 Å². The number of ether oxygens (including phenoxy) is 2. The fourth-order valence-corrected chi connectivity index (χ4v) is 2.33. The molecule has 1 aliphatic rings. The van der Waals surface area contributed by atoms with Crippen LogP contribution in [0.5, 0.6) is 11.5 Å². The lowest BCUT2D eigenvalue weighted by molar-refractivity contribution is 0.0686. The highest BCUT2D eigenvalue weighted by Gasteiger charge is 2.22. The first-order valence-electron chi connectivity index (χ1n) is 6.56. The Labute approximate surface area is 121 Å².